The van der Waals surface area contributed by atoms with Crippen LogP contribution >= 0.6 is 0 Å². The van der Waals surface area contributed by atoms with Gasteiger partial charge in [-0.25, -0.2) is 0 Å². The maximum atomic E-state index is 12.8. The lowest BCUT2D eigenvalue weighted by atomic mass is 10.1. The number of rotatable bonds is 44. The van der Waals surface area contributed by atoms with E-state index in [9.17, 15) is 14.4 Å². The average molecular weight is 897 g/mol. The Morgan fingerprint density at radius 3 is 1.20 bits per heavy atom. The van der Waals surface area contributed by atoms with Crippen molar-refractivity contribution in [3.63, 3.8) is 0 Å². The molecule has 0 heterocycles. The minimum Gasteiger partial charge on any atom is -0.462 e. The van der Waals surface area contributed by atoms with Gasteiger partial charge in [-0.3, -0.25) is 14.4 Å². The van der Waals surface area contributed by atoms with E-state index < -0.39 is 6.10 Å². The SMILES string of the molecule is CC\C=C/C=C\C=C/C=C\CCCCCC(=O)OCC(COC(=O)CCC/C=C\C/C=C\C/C=C\C/C=C\C/C=C\CC)OC(=O)CCCCCCCCC/C=C\C/C=C\CCCCC. The first-order valence-electron chi connectivity index (χ1n) is 25.7. The highest BCUT2D eigenvalue weighted by atomic mass is 16.6. The van der Waals surface area contributed by atoms with Gasteiger partial charge in [-0.05, 0) is 109 Å². The average Bonchev–Trinajstić information content (AvgIpc) is 3.30. The van der Waals surface area contributed by atoms with Gasteiger partial charge in [-0.15, -0.1) is 0 Å². The zero-order valence-electron chi connectivity index (χ0n) is 41.4. The normalized spacial score (nSPS) is 13.2. The van der Waals surface area contributed by atoms with Crippen LogP contribution < -0.4 is 0 Å². The first-order valence-corrected chi connectivity index (χ1v) is 25.7. The van der Waals surface area contributed by atoms with Crippen molar-refractivity contribution < 1.29 is 28.6 Å². The molecule has 0 aliphatic heterocycles. The maximum absolute atomic E-state index is 12.8. The molecular weight excluding hydrogens is 805 g/mol. The largest absolute Gasteiger partial charge is 0.462 e. The van der Waals surface area contributed by atoms with Crippen molar-refractivity contribution in [1.29, 1.82) is 0 Å². The number of hydrogen-bond donors (Lipinski definition) is 0. The number of carbonyl (C=O) groups is 3. The van der Waals surface area contributed by atoms with Crippen LogP contribution in [0, 0.1) is 0 Å². The molecule has 0 fully saturated rings. The molecule has 0 aromatic carbocycles. The molecule has 0 N–H and O–H groups in total. The van der Waals surface area contributed by atoms with Gasteiger partial charge in [-0.1, -0.05) is 206 Å². The molecule has 0 aromatic rings. The fraction of sp³-hybridized carbons (Fsp3) is 0.576. The minimum absolute atomic E-state index is 0.124. The molecule has 0 amide bonds. The summed E-state index contributed by atoms with van der Waals surface area (Å²) in [6.07, 6.45) is 73.0. The molecule has 1 unspecified atom stereocenters. The molecule has 364 valence electrons. The predicted octanol–water partition coefficient (Wildman–Crippen LogP) is 17.1. The van der Waals surface area contributed by atoms with Crippen LogP contribution in [0.1, 0.15) is 201 Å². The van der Waals surface area contributed by atoms with Gasteiger partial charge in [0.05, 0.1) is 0 Å². The van der Waals surface area contributed by atoms with Crippen LogP contribution in [0.4, 0.5) is 0 Å². The molecule has 0 bridgehead atoms. The molecular formula is C59H92O6. The van der Waals surface area contributed by atoms with E-state index in [1.807, 2.05) is 36.5 Å². The Morgan fingerprint density at radius 2 is 0.692 bits per heavy atom. The lowest BCUT2D eigenvalue weighted by Gasteiger charge is -2.18. The highest BCUT2D eigenvalue weighted by Crippen LogP contribution is 2.13. The molecule has 0 spiro atoms. The van der Waals surface area contributed by atoms with Crippen molar-refractivity contribution in [1.82, 2.24) is 0 Å². The van der Waals surface area contributed by atoms with Crippen LogP contribution in [-0.2, 0) is 28.6 Å². The second-order valence-corrected chi connectivity index (χ2v) is 16.4. The molecule has 0 aliphatic rings. The van der Waals surface area contributed by atoms with Gasteiger partial charge < -0.3 is 14.2 Å². The summed E-state index contributed by atoms with van der Waals surface area (Å²) in [6.45, 7) is 6.24. The Balaban J connectivity index is 4.57. The number of esters is 3. The van der Waals surface area contributed by atoms with Crippen molar-refractivity contribution in [2.24, 2.45) is 0 Å². The number of ether oxygens (including phenoxy) is 3. The lowest BCUT2D eigenvalue weighted by Crippen LogP contribution is -2.30. The third-order valence-corrected chi connectivity index (χ3v) is 10.2. The summed E-state index contributed by atoms with van der Waals surface area (Å²) >= 11 is 0. The van der Waals surface area contributed by atoms with Crippen LogP contribution in [0.15, 0.2) is 134 Å². The van der Waals surface area contributed by atoms with E-state index >= 15 is 0 Å². The molecule has 0 rings (SSSR count). The number of unbranched alkanes of at least 4 members (excludes halogenated alkanes) is 14. The molecule has 6 nitrogen and oxygen atoms in total. The van der Waals surface area contributed by atoms with Gasteiger partial charge >= 0.3 is 17.9 Å². The molecule has 1 atom stereocenters. The standard InChI is InChI=1S/C59H92O6/c1-4-7-10-13-16-19-22-25-27-29-31-34-37-40-43-46-49-52-58(61)64-55-56(54-63-57(60)51-48-45-42-39-36-33-24-21-18-15-12-9-6-3)65-59(62)53-50-47-44-41-38-35-32-30-28-26-23-20-17-14-11-8-5-2/h7,9-10,12,15-21,24-28,31,33-34,36,40,43,56H,4-6,8,11,13-14,22-23,29-30,32,35,37-39,41-42,44-55H2,1-3H3/b10-7-,12-9-,18-15-,19-16-,20-17-,24-21-,27-25-,28-26-,34-31-,36-33-,43-40-. The topological polar surface area (TPSA) is 78.9 Å². The van der Waals surface area contributed by atoms with E-state index in [1.165, 1.54) is 44.9 Å². The lowest BCUT2D eigenvalue weighted by molar-refractivity contribution is -0.167. The summed E-state index contributed by atoms with van der Waals surface area (Å²) in [5, 5.41) is 0. The second-order valence-electron chi connectivity index (χ2n) is 16.4. The van der Waals surface area contributed by atoms with E-state index in [4.69, 9.17) is 14.2 Å². The van der Waals surface area contributed by atoms with Gasteiger partial charge in [0.25, 0.3) is 0 Å². The Kier molecular flexibility index (Phi) is 48.6. The maximum Gasteiger partial charge on any atom is 0.306 e. The summed E-state index contributed by atoms with van der Waals surface area (Å²) < 4.78 is 16.7. The zero-order chi connectivity index (χ0) is 47.2. The van der Waals surface area contributed by atoms with Crippen molar-refractivity contribution >= 4 is 17.9 Å². The van der Waals surface area contributed by atoms with Crippen LogP contribution in [0.5, 0.6) is 0 Å². The molecule has 6 heteroatoms. The van der Waals surface area contributed by atoms with Gasteiger partial charge in [0.1, 0.15) is 13.2 Å². The highest BCUT2D eigenvalue weighted by Gasteiger charge is 2.19. The Labute approximate surface area is 398 Å². The fourth-order valence-electron chi connectivity index (χ4n) is 6.40. The zero-order valence-corrected chi connectivity index (χ0v) is 41.4. The van der Waals surface area contributed by atoms with E-state index in [0.717, 1.165) is 109 Å². The summed E-state index contributed by atoms with van der Waals surface area (Å²) in [6, 6.07) is 0. The third kappa shape index (κ3) is 50.4. The summed E-state index contributed by atoms with van der Waals surface area (Å²) in [4.78, 5) is 38.0. The quantitative estimate of drug-likeness (QED) is 0.0199. The first-order chi connectivity index (χ1) is 32.0. The smallest absolute Gasteiger partial charge is 0.306 e. The van der Waals surface area contributed by atoms with Crippen LogP contribution in [0.25, 0.3) is 0 Å². The van der Waals surface area contributed by atoms with E-state index in [1.54, 1.807) is 0 Å². The molecule has 0 saturated carbocycles. The second kappa shape index (κ2) is 52.2. The van der Waals surface area contributed by atoms with Gasteiger partial charge in [0.15, 0.2) is 6.10 Å². The minimum atomic E-state index is -0.826. The van der Waals surface area contributed by atoms with E-state index in [2.05, 4.69) is 118 Å². The van der Waals surface area contributed by atoms with E-state index in [-0.39, 0.29) is 37.5 Å². The Hall–Kier alpha value is -4.45. The number of carbonyl (C=O) groups excluding carboxylic acids is 3. The molecule has 0 aliphatic carbocycles. The Bertz CT molecular complexity index is 1450. The van der Waals surface area contributed by atoms with Crippen LogP contribution in [0.2, 0.25) is 0 Å². The van der Waals surface area contributed by atoms with Crippen molar-refractivity contribution in [2.45, 2.75) is 207 Å². The number of allylic oxidation sites excluding steroid dienone is 22. The van der Waals surface area contributed by atoms with Gasteiger partial charge in [0, 0.05) is 19.3 Å². The predicted molar refractivity (Wildman–Crippen MR) is 279 cm³/mol. The summed E-state index contributed by atoms with van der Waals surface area (Å²) in [7, 11) is 0. The number of hydrogen-bond acceptors (Lipinski definition) is 6. The first kappa shape index (κ1) is 60.5. The van der Waals surface area contributed by atoms with Gasteiger partial charge in [0.2, 0.25) is 0 Å². The van der Waals surface area contributed by atoms with Crippen LogP contribution in [0.3, 0.4) is 0 Å². The highest BCUT2D eigenvalue weighted by molar-refractivity contribution is 5.71. The van der Waals surface area contributed by atoms with Crippen molar-refractivity contribution in [3.05, 3.63) is 134 Å². The molecule has 0 radical (unpaired) electrons. The summed E-state index contributed by atoms with van der Waals surface area (Å²) in [5.41, 5.74) is 0. The molecule has 0 aromatic heterocycles. The van der Waals surface area contributed by atoms with Crippen molar-refractivity contribution in [3.8, 4) is 0 Å². The fourth-order valence-corrected chi connectivity index (χ4v) is 6.40. The van der Waals surface area contributed by atoms with Crippen LogP contribution in [-0.4, -0.2) is 37.2 Å². The van der Waals surface area contributed by atoms with Gasteiger partial charge in [-0.2, -0.15) is 0 Å². The van der Waals surface area contributed by atoms with E-state index in [0.29, 0.717) is 19.3 Å². The Morgan fingerprint density at radius 1 is 0.338 bits per heavy atom. The monoisotopic (exact) mass is 897 g/mol. The molecule has 65 heavy (non-hydrogen) atoms. The van der Waals surface area contributed by atoms with Crippen molar-refractivity contribution in [2.75, 3.05) is 13.2 Å². The molecule has 0 saturated heterocycles. The third-order valence-electron chi connectivity index (χ3n) is 10.2. The summed E-state index contributed by atoms with van der Waals surface area (Å²) in [5.74, 6) is -1.04.